The Labute approximate surface area is 154 Å². The third-order valence-electron chi connectivity index (χ3n) is 3.51. The van der Waals surface area contributed by atoms with Gasteiger partial charge in [0, 0.05) is 34.7 Å². The maximum absolute atomic E-state index is 12.1. The number of carbonyl (C=O) groups is 2. The molecule has 4 nitrogen and oxygen atoms in total. The van der Waals surface area contributed by atoms with Crippen LogP contribution in [0.2, 0.25) is 0 Å². The molecule has 0 aromatic heterocycles. The van der Waals surface area contributed by atoms with Gasteiger partial charge in [0.25, 0.3) is 0 Å². The molecule has 126 valence electrons. The number of nitrogens with one attached hydrogen (secondary N) is 1. The Balaban J connectivity index is 1.91. The molecule has 2 amide bonds. The lowest BCUT2D eigenvalue weighted by atomic mass is 10.2. The molecule has 0 aliphatic heterocycles. The van der Waals surface area contributed by atoms with E-state index in [0.29, 0.717) is 11.4 Å². The van der Waals surface area contributed by atoms with E-state index in [9.17, 15) is 9.59 Å². The monoisotopic (exact) mass is 406 g/mol. The molecule has 2 rings (SSSR count). The Kier molecular flexibility index (Phi) is 6.45. The number of benzene rings is 2. The van der Waals surface area contributed by atoms with Crippen LogP contribution in [0.15, 0.2) is 51.8 Å². The zero-order valence-electron chi connectivity index (χ0n) is 13.8. The van der Waals surface area contributed by atoms with Gasteiger partial charge in [0.1, 0.15) is 0 Å². The largest absolute Gasteiger partial charge is 0.325 e. The van der Waals surface area contributed by atoms with Gasteiger partial charge < -0.3 is 10.2 Å². The Morgan fingerprint density at radius 1 is 1.17 bits per heavy atom. The molecular formula is C18H19BrN2O2S. The fourth-order valence-electron chi connectivity index (χ4n) is 2.07. The Bertz CT molecular complexity index is 747. The van der Waals surface area contributed by atoms with Crippen molar-refractivity contribution in [1.82, 2.24) is 0 Å². The van der Waals surface area contributed by atoms with Crippen molar-refractivity contribution in [2.24, 2.45) is 0 Å². The normalized spacial score (nSPS) is 10.3. The highest BCUT2D eigenvalue weighted by molar-refractivity contribution is 9.10. The van der Waals surface area contributed by atoms with Crippen LogP contribution in [-0.2, 0) is 9.59 Å². The number of amides is 2. The minimum atomic E-state index is -0.0602. The zero-order valence-corrected chi connectivity index (χ0v) is 16.2. The van der Waals surface area contributed by atoms with Crippen molar-refractivity contribution in [1.29, 1.82) is 0 Å². The van der Waals surface area contributed by atoms with Gasteiger partial charge >= 0.3 is 0 Å². The number of carbonyl (C=O) groups excluding carboxylic acids is 2. The van der Waals surface area contributed by atoms with Crippen LogP contribution in [0, 0.1) is 6.92 Å². The summed E-state index contributed by atoms with van der Waals surface area (Å²) in [6.45, 7) is 3.53. The van der Waals surface area contributed by atoms with Crippen LogP contribution in [-0.4, -0.2) is 24.6 Å². The molecule has 0 saturated heterocycles. The van der Waals surface area contributed by atoms with Crippen molar-refractivity contribution < 1.29 is 9.59 Å². The van der Waals surface area contributed by atoms with Crippen LogP contribution in [0.4, 0.5) is 11.4 Å². The van der Waals surface area contributed by atoms with Gasteiger partial charge in [-0.1, -0.05) is 15.9 Å². The summed E-state index contributed by atoms with van der Waals surface area (Å²) < 4.78 is 1.03. The first-order valence-electron chi connectivity index (χ1n) is 7.40. The molecule has 6 heteroatoms. The summed E-state index contributed by atoms with van der Waals surface area (Å²) in [7, 11) is 1.72. The van der Waals surface area contributed by atoms with Crippen molar-refractivity contribution >= 4 is 50.9 Å². The second kappa shape index (κ2) is 8.35. The van der Waals surface area contributed by atoms with E-state index in [1.807, 2.05) is 37.3 Å². The van der Waals surface area contributed by atoms with Gasteiger partial charge in [-0.15, -0.1) is 11.8 Å². The van der Waals surface area contributed by atoms with Crippen LogP contribution in [0.3, 0.4) is 0 Å². The van der Waals surface area contributed by atoms with E-state index in [1.165, 1.54) is 18.7 Å². The zero-order chi connectivity index (χ0) is 17.7. The lowest BCUT2D eigenvalue weighted by molar-refractivity contribution is -0.116. The van der Waals surface area contributed by atoms with Crippen LogP contribution in [0.25, 0.3) is 0 Å². The average Bonchev–Trinajstić information content (AvgIpc) is 2.54. The molecule has 0 aliphatic rings. The molecule has 0 unspecified atom stereocenters. The minimum Gasteiger partial charge on any atom is -0.325 e. The van der Waals surface area contributed by atoms with E-state index in [2.05, 4.69) is 21.2 Å². The van der Waals surface area contributed by atoms with Crippen LogP contribution in [0.1, 0.15) is 12.5 Å². The molecule has 1 N–H and O–H groups in total. The highest BCUT2D eigenvalue weighted by Crippen LogP contribution is 2.25. The molecule has 2 aromatic carbocycles. The number of halogens is 1. The standard InChI is InChI=1S/C18H19BrN2O2S/c1-12-10-14(19)4-9-17(12)24-11-18(23)20-15-5-7-16(8-6-15)21(3)13(2)22/h4-10H,11H2,1-3H3,(H,20,23). The summed E-state index contributed by atoms with van der Waals surface area (Å²) in [6, 6.07) is 13.2. The van der Waals surface area contributed by atoms with Gasteiger partial charge in [0.15, 0.2) is 0 Å². The second-order valence-electron chi connectivity index (χ2n) is 5.37. The number of hydrogen-bond donors (Lipinski definition) is 1. The Hall–Kier alpha value is -1.79. The van der Waals surface area contributed by atoms with Gasteiger partial charge in [-0.05, 0) is 55.0 Å². The summed E-state index contributed by atoms with van der Waals surface area (Å²) >= 11 is 4.94. The van der Waals surface area contributed by atoms with Gasteiger partial charge in [0.05, 0.1) is 5.75 Å². The number of aryl methyl sites for hydroxylation is 1. The van der Waals surface area contributed by atoms with Crippen molar-refractivity contribution in [3.63, 3.8) is 0 Å². The second-order valence-corrected chi connectivity index (χ2v) is 7.30. The summed E-state index contributed by atoms with van der Waals surface area (Å²) in [5.41, 5.74) is 2.65. The number of nitrogens with zero attached hydrogens (tertiary/aromatic N) is 1. The molecule has 0 bridgehead atoms. The van der Waals surface area contributed by atoms with Crippen LogP contribution < -0.4 is 10.2 Å². The lowest BCUT2D eigenvalue weighted by Gasteiger charge is -2.15. The lowest BCUT2D eigenvalue weighted by Crippen LogP contribution is -2.22. The van der Waals surface area contributed by atoms with Crippen LogP contribution in [0.5, 0.6) is 0 Å². The van der Waals surface area contributed by atoms with Gasteiger partial charge in [-0.3, -0.25) is 9.59 Å². The molecule has 24 heavy (non-hydrogen) atoms. The van der Waals surface area contributed by atoms with Gasteiger partial charge in [-0.25, -0.2) is 0 Å². The topological polar surface area (TPSA) is 49.4 Å². The average molecular weight is 407 g/mol. The summed E-state index contributed by atoms with van der Waals surface area (Å²) in [4.78, 5) is 26.1. The molecular weight excluding hydrogens is 388 g/mol. The van der Waals surface area contributed by atoms with E-state index >= 15 is 0 Å². The molecule has 0 heterocycles. The third kappa shape index (κ3) is 5.11. The maximum Gasteiger partial charge on any atom is 0.234 e. The predicted molar refractivity (Wildman–Crippen MR) is 104 cm³/mol. The summed E-state index contributed by atoms with van der Waals surface area (Å²) in [6.07, 6.45) is 0. The van der Waals surface area contributed by atoms with E-state index < -0.39 is 0 Å². The third-order valence-corrected chi connectivity index (χ3v) is 5.18. The smallest absolute Gasteiger partial charge is 0.234 e. The molecule has 0 saturated carbocycles. The first-order valence-corrected chi connectivity index (χ1v) is 9.18. The SMILES string of the molecule is CC(=O)N(C)c1ccc(NC(=O)CSc2ccc(Br)cc2C)cc1. The van der Waals surface area contributed by atoms with E-state index in [1.54, 1.807) is 24.1 Å². The maximum atomic E-state index is 12.1. The predicted octanol–water partition coefficient (Wildman–Crippen LogP) is 4.47. The summed E-state index contributed by atoms with van der Waals surface area (Å²) in [5.74, 6) is 0.250. The molecule has 0 aliphatic carbocycles. The van der Waals surface area contributed by atoms with E-state index in [-0.39, 0.29) is 11.8 Å². The first kappa shape index (κ1) is 18.5. The van der Waals surface area contributed by atoms with E-state index in [4.69, 9.17) is 0 Å². The number of rotatable bonds is 5. The number of anilines is 2. The quantitative estimate of drug-likeness (QED) is 0.744. The van der Waals surface area contributed by atoms with Crippen molar-refractivity contribution in [3.05, 3.63) is 52.5 Å². The minimum absolute atomic E-state index is 0.0342. The summed E-state index contributed by atoms with van der Waals surface area (Å²) in [5, 5.41) is 2.87. The Morgan fingerprint density at radius 2 is 1.83 bits per heavy atom. The fraction of sp³-hybridized carbons (Fsp3) is 0.222. The molecule has 0 atom stereocenters. The van der Waals surface area contributed by atoms with Crippen LogP contribution >= 0.6 is 27.7 Å². The first-order chi connectivity index (χ1) is 11.4. The van der Waals surface area contributed by atoms with Crippen molar-refractivity contribution in [3.8, 4) is 0 Å². The van der Waals surface area contributed by atoms with Crippen molar-refractivity contribution in [2.75, 3.05) is 23.0 Å². The number of hydrogen-bond acceptors (Lipinski definition) is 3. The Morgan fingerprint density at radius 3 is 2.42 bits per heavy atom. The van der Waals surface area contributed by atoms with E-state index in [0.717, 1.165) is 20.6 Å². The highest BCUT2D eigenvalue weighted by atomic mass is 79.9. The number of thioether (sulfide) groups is 1. The fourth-order valence-corrected chi connectivity index (χ4v) is 3.35. The van der Waals surface area contributed by atoms with Gasteiger partial charge in [-0.2, -0.15) is 0 Å². The molecule has 0 spiro atoms. The molecule has 0 radical (unpaired) electrons. The molecule has 0 fully saturated rings. The van der Waals surface area contributed by atoms with Gasteiger partial charge in [0.2, 0.25) is 11.8 Å². The van der Waals surface area contributed by atoms with Crippen molar-refractivity contribution in [2.45, 2.75) is 18.7 Å². The highest BCUT2D eigenvalue weighted by Gasteiger charge is 2.08. The molecule has 2 aromatic rings.